The third-order valence-corrected chi connectivity index (χ3v) is 12.7. The first-order chi connectivity index (χ1) is 22.5. The summed E-state index contributed by atoms with van der Waals surface area (Å²) in [6.07, 6.45) is 5.72. The molecule has 0 radical (unpaired) electrons. The molecular formula is C37H55ClN4O5S. The van der Waals surface area contributed by atoms with Gasteiger partial charge in [0.25, 0.3) is 0 Å². The van der Waals surface area contributed by atoms with Crippen LogP contribution in [0.5, 0.6) is 0 Å². The molecule has 0 spiro atoms. The summed E-state index contributed by atoms with van der Waals surface area (Å²) < 4.78 is 24.6. The van der Waals surface area contributed by atoms with E-state index in [2.05, 4.69) is 20.9 Å². The van der Waals surface area contributed by atoms with Gasteiger partial charge in [0.05, 0.1) is 22.9 Å². The highest BCUT2D eigenvalue weighted by molar-refractivity contribution is 7.92. The fourth-order valence-electron chi connectivity index (χ4n) is 7.13. The van der Waals surface area contributed by atoms with Crippen molar-refractivity contribution < 1.29 is 23.1 Å². The molecule has 1 aliphatic heterocycles. The van der Waals surface area contributed by atoms with Crippen LogP contribution in [0.15, 0.2) is 54.6 Å². The molecule has 11 heteroatoms. The Kier molecular flexibility index (Phi) is 12.8. The number of likely N-dealkylation sites (tertiary alicyclic amines) is 1. The van der Waals surface area contributed by atoms with Crippen molar-refractivity contribution >= 4 is 33.3 Å². The fraction of sp³-hybridized carbons (Fsp3) is 0.622. The maximum atomic E-state index is 14.2. The molecule has 266 valence electrons. The second kappa shape index (κ2) is 16.0. The van der Waals surface area contributed by atoms with Crippen LogP contribution in [0, 0.1) is 11.8 Å². The van der Waals surface area contributed by atoms with Gasteiger partial charge >= 0.3 is 0 Å². The van der Waals surface area contributed by atoms with E-state index < -0.39 is 44.2 Å². The van der Waals surface area contributed by atoms with Gasteiger partial charge in [0, 0.05) is 36.5 Å². The van der Waals surface area contributed by atoms with Crippen molar-refractivity contribution in [1.29, 1.82) is 0 Å². The Bertz CT molecular complexity index is 1500. The SMILES string of the molecule is CC(C)(C)NC(=O)[C@@H]1C[C@@H]2CCCC[C@@H]2CN1C[C@@H](O)[C@H](Cc1ccccc1)NC(=O)[C@@H](NCc1ccccc1Cl)C(C)(C)S(C)(=O)=O. The number of hydrogen-bond donors (Lipinski definition) is 4. The molecule has 9 nitrogen and oxygen atoms in total. The number of aliphatic hydroxyl groups is 1. The molecule has 2 fully saturated rings. The summed E-state index contributed by atoms with van der Waals surface area (Å²) in [5, 5.41) is 21.8. The number of carbonyl (C=O) groups is 2. The number of sulfone groups is 1. The first-order valence-corrected chi connectivity index (χ1v) is 19.5. The highest BCUT2D eigenvalue weighted by Crippen LogP contribution is 2.39. The molecular weight excluding hydrogens is 648 g/mol. The molecule has 4 N–H and O–H groups in total. The number of fused-ring (bicyclic) bond motifs is 1. The molecule has 48 heavy (non-hydrogen) atoms. The monoisotopic (exact) mass is 702 g/mol. The molecule has 2 aromatic rings. The van der Waals surface area contributed by atoms with Gasteiger partial charge in [0.1, 0.15) is 6.04 Å². The summed E-state index contributed by atoms with van der Waals surface area (Å²) in [6.45, 7) is 10.0. The Morgan fingerprint density at radius 1 is 0.979 bits per heavy atom. The van der Waals surface area contributed by atoms with Crippen LogP contribution < -0.4 is 16.0 Å². The summed E-state index contributed by atoms with van der Waals surface area (Å²) in [4.78, 5) is 30.0. The van der Waals surface area contributed by atoms with E-state index in [-0.39, 0.29) is 25.0 Å². The highest BCUT2D eigenvalue weighted by atomic mass is 35.5. The minimum Gasteiger partial charge on any atom is -0.390 e. The molecule has 0 bridgehead atoms. The van der Waals surface area contributed by atoms with Crippen LogP contribution in [0.4, 0.5) is 0 Å². The largest absolute Gasteiger partial charge is 0.390 e. The van der Waals surface area contributed by atoms with Gasteiger partial charge in [0.15, 0.2) is 9.84 Å². The van der Waals surface area contributed by atoms with E-state index in [1.54, 1.807) is 12.1 Å². The third-order valence-electron chi connectivity index (χ3n) is 10.2. The van der Waals surface area contributed by atoms with Gasteiger partial charge in [-0.15, -0.1) is 0 Å². The molecule has 2 aromatic carbocycles. The van der Waals surface area contributed by atoms with E-state index in [0.29, 0.717) is 29.8 Å². The summed E-state index contributed by atoms with van der Waals surface area (Å²) in [5.74, 6) is 0.359. The van der Waals surface area contributed by atoms with E-state index in [0.717, 1.165) is 36.6 Å². The number of rotatable bonds is 13. The van der Waals surface area contributed by atoms with Crippen LogP contribution in [0.3, 0.4) is 0 Å². The van der Waals surface area contributed by atoms with Crippen molar-refractivity contribution in [3.8, 4) is 0 Å². The Balaban J connectivity index is 1.61. The van der Waals surface area contributed by atoms with Crippen molar-refractivity contribution in [2.45, 2.75) is 114 Å². The molecule has 0 aromatic heterocycles. The molecule has 6 atom stereocenters. The summed E-state index contributed by atoms with van der Waals surface area (Å²) in [5.41, 5.74) is 1.25. The minimum absolute atomic E-state index is 0.0406. The zero-order valence-corrected chi connectivity index (χ0v) is 30.9. The number of benzene rings is 2. The number of nitrogens with one attached hydrogen (secondary N) is 3. The zero-order chi connectivity index (χ0) is 35.3. The van der Waals surface area contributed by atoms with Crippen LogP contribution in [0.2, 0.25) is 5.02 Å². The van der Waals surface area contributed by atoms with Gasteiger partial charge in [-0.1, -0.05) is 79.4 Å². The standard InChI is InChI=1S/C37H55ClN4O5S/c1-36(2,3)41-34(44)31-21-26-16-10-11-18-28(26)23-42(31)24-32(43)30(20-25-14-8-7-9-15-25)40-35(45)33(37(4,5)48(6,46)47)39-22-27-17-12-13-19-29(27)38/h7-9,12-15,17,19,26,28,30-33,39,43H,10-11,16,18,20-24H2,1-6H3,(H,40,45)(H,41,44)/t26-,28+,30-,31-,32+,33+/m0/s1. The lowest BCUT2D eigenvalue weighted by atomic mass is 9.72. The fourth-order valence-corrected chi connectivity index (χ4v) is 7.95. The molecule has 1 heterocycles. The van der Waals surface area contributed by atoms with Crippen LogP contribution in [-0.4, -0.2) is 84.1 Å². The van der Waals surface area contributed by atoms with Crippen LogP contribution in [0.1, 0.15) is 77.8 Å². The Morgan fingerprint density at radius 2 is 1.60 bits per heavy atom. The van der Waals surface area contributed by atoms with Gasteiger partial charge in [-0.2, -0.15) is 0 Å². The number of hydrogen-bond acceptors (Lipinski definition) is 7. The number of nitrogens with zero attached hydrogens (tertiary/aromatic N) is 1. The lowest BCUT2D eigenvalue weighted by molar-refractivity contribution is -0.133. The second-order valence-electron chi connectivity index (χ2n) is 15.4. The quantitative estimate of drug-likeness (QED) is 0.242. The predicted octanol–water partition coefficient (Wildman–Crippen LogP) is 4.51. The van der Waals surface area contributed by atoms with E-state index in [1.807, 2.05) is 63.2 Å². The Morgan fingerprint density at radius 3 is 2.23 bits per heavy atom. The van der Waals surface area contributed by atoms with Crippen LogP contribution >= 0.6 is 11.6 Å². The normalized spacial score (nSPS) is 22.6. The van der Waals surface area contributed by atoms with Crippen molar-refractivity contribution in [2.24, 2.45) is 11.8 Å². The van der Waals surface area contributed by atoms with Gasteiger partial charge in [-0.3, -0.25) is 14.5 Å². The first-order valence-electron chi connectivity index (χ1n) is 17.2. The van der Waals surface area contributed by atoms with E-state index in [4.69, 9.17) is 11.6 Å². The van der Waals surface area contributed by atoms with Gasteiger partial charge in [0.2, 0.25) is 11.8 Å². The molecule has 2 aliphatic rings. The van der Waals surface area contributed by atoms with Crippen molar-refractivity contribution in [2.75, 3.05) is 19.3 Å². The van der Waals surface area contributed by atoms with E-state index in [1.165, 1.54) is 26.7 Å². The first kappa shape index (κ1) is 38.3. The maximum absolute atomic E-state index is 14.2. The number of aliphatic hydroxyl groups excluding tert-OH is 1. The van der Waals surface area contributed by atoms with Gasteiger partial charge in [-0.05, 0) is 82.9 Å². The number of halogens is 1. The Hall–Kier alpha value is -2.50. The van der Waals surface area contributed by atoms with Crippen molar-refractivity contribution in [1.82, 2.24) is 20.9 Å². The lowest BCUT2D eigenvalue weighted by Gasteiger charge is -2.47. The average Bonchev–Trinajstić information content (AvgIpc) is 3.00. The Labute approximate surface area is 292 Å². The predicted molar refractivity (Wildman–Crippen MR) is 192 cm³/mol. The molecule has 2 amide bonds. The molecule has 1 aliphatic carbocycles. The molecule has 1 saturated carbocycles. The van der Waals surface area contributed by atoms with E-state index in [9.17, 15) is 23.1 Å². The lowest BCUT2D eigenvalue weighted by Crippen LogP contribution is -2.63. The molecule has 0 unspecified atom stereocenters. The van der Waals surface area contributed by atoms with Crippen molar-refractivity contribution in [3.05, 3.63) is 70.7 Å². The second-order valence-corrected chi connectivity index (χ2v) is 18.4. The van der Waals surface area contributed by atoms with Crippen molar-refractivity contribution in [3.63, 3.8) is 0 Å². The average molecular weight is 703 g/mol. The van der Waals surface area contributed by atoms with Gasteiger partial charge < -0.3 is 21.1 Å². The van der Waals surface area contributed by atoms with Crippen LogP contribution in [-0.2, 0) is 32.4 Å². The number of β-amino-alcohol motifs (C(OH)–C–C–N with tert-alkyl or cyclic N) is 1. The summed E-state index contributed by atoms with van der Waals surface area (Å²) in [7, 11) is -3.71. The highest BCUT2D eigenvalue weighted by Gasteiger charge is 2.45. The summed E-state index contributed by atoms with van der Waals surface area (Å²) >= 11 is 6.39. The van der Waals surface area contributed by atoms with Crippen LogP contribution in [0.25, 0.3) is 0 Å². The minimum atomic E-state index is -3.71. The van der Waals surface area contributed by atoms with E-state index >= 15 is 0 Å². The number of amides is 2. The smallest absolute Gasteiger partial charge is 0.239 e. The molecule has 1 saturated heterocycles. The number of piperidine rings is 1. The van der Waals surface area contributed by atoms with Gasteiger partial charge in [-0.25, -0.2) is 8.42 Å². The zero-order valence-electron chi connectivity index (χ0n) is 29.3. The maximum Gasteiger partial charge on any atom is 0.239 e. The third kappa shape index (κ3) is 10.0. The summed E-state index contributed by atoms with van der Waals surface area (Å²) in [6, 6.07) is 14.5. The number of carbonyl (C=O) groups excluding carboxylic acids is 2. The topological polar surface area (TPSA) is 128 Å². The molecule has 4 rings (SSSR count).